The summed E-state index contributed by atoms with van der Waals surface area (Å²) in [6.07, 6.45) is 0. The highest BCUT2D eigenvalue weighted by atomic mass is 79.9. The number of rotatable bonds is 5. The van der Waals surface area contributed by atoms with Gasteiger partial charge in [0.15, 0.2) is 0 Å². The van der Waals surface area contributed by atoms with E-state index in [9.17, 15) is 4.39 Å². The minimum Gasteiger partial charge on any atom is -0.488 e. The standard InChI is InChI=1S/C11H13Br2FN2O/c1-7(15)16-6-8-4-9(12)11(10(13)5-8)17-3-2-14/h4-5H,2-3,6H2,1H3,(H2,15,16). The highest BCUT2D eigenvalue weighted by Crippen LogP contribution is 2.34. The van der Waals surface area contributed by atoms with E-state index in [0.717, 1.165) is 14.5 Å². The number of hydrogen-bond donors (Lipinski definition) is 2. The number of halogens is 3. The summed E-state index contributed by atoms with van der Waals surface area (Å²) in [5, 5.41) is 10.2. The van der Waals surface area contributed by atoms with E-state index in [1.54, 1.807) is 6.92 Å². The summed E-state index contributed by atoms with van der Waals surface area (Å²) in [5.74, 6) is 1.01. The molecule has 6 heteroatoms. The van der Waals surface area contributed by atoms with Crippen molar-refractivity contribution in [2.45, 2.75) is 13.5 Å². The van der Waals surface area contributed by atoms with E-state index >= 15 is 0 Å². The maximum absolute atomic E-state index is 12.0. The van der Waals surface area contributed by atoms with Crippen LogP contribution in [0.3, 0.4) is 0 Å². The maximum atomic E-state index is 12.0. The fourth-order valence-electron chi connectivity index (χ4n) is 1.23. The van der Waals surface area contributed by atoms with E-state index in [2.05, 4.69) is 37.2 Å². The Morgan fingerprint density at radius 1 is 1.41 bits per heavy atom. The molecule has 0 spiro atoms. The van der Waals surface area contributed by atoms with Gasteiger partial charge in [0.25, 0.3) is 0 Å². The Morgan fingerprint density at radius 3 is 2.47 bits per heavy atom. The van der Waals surface area contributed by atoms with Gasteiger partial charge < -0.3 is 10.1 Å². The van der Waals surface area contributed by atoms with Crippen LogP contribution in [0.5, 0.6) is 5.75 Å². The van der Waals surface area contributed by atoms with E-state index in [0.29, 0.717) is 18.1 Å². The predicted molar refractivity (Wildman–Crippen MR) is 73.6 cm³/mol. The summed E-state index contributed by atoms with van der Waals surface area (Å²) in [7, 11) is 0. The summed E-state index contributed by atoms with van der Waals surface area (Å²) in [6.45, 7) is 1.77. The lowest BCUT2D eigenvalue weighted by Crippen LogP contribution is -2.18. The van der Waals surface area contributed by atoms with Crippen molar-refractivity contribution in [3.8, 4) is 5.75 Å². The van der Waals surface area contributed by atoms with E-state index in [1.165, 1.54) is 0 Å². The second kappa shape index (κ2) is 6.96. The molecule has 0 fully saturated rings. The van der Waals surface area contributed by atoms with E-state index in [4.69, 9.17) is 10.1 Å². The van der Waals surface area contributed by atoms with E-state index < -0.39 is 6.67 Å². The summed E-state index contributed by atoms with van der Waals surface area (Å²) >= 11 is 6.75. The molecule has 1 rings (SSSR count). The van der Waals surface area contributed by atoms with Crippen molar-refractivity contribution in [3.05, 3.63) is 26.6 Å². The highest BCUT2D eigenvalue weighted by molar-refractivity contribution is 9.11. The van der Waals surface area contributed by atoms with Crippen LogP contribution in [0.1, 0.15) is 12.5 Å². The molecule has 0 radical (unpaired) electrons. The lowest BCUT2D eigenvalue weighted by atomic mass is 10.2. The molecular formula is C11H13Br2FN2O. The first-order valence-electron chi connectivity index (χ1n) is 5.00. The molecule has 0 bridgehead atoms. The zero-order valence-corrected chi connectivity index (χ0v) is 12.5. The Morgan fingerprint density at radius 2 is 2.00 bits per heavy atom. The maximum Gasteiger partial charge on any atom is 0.147 e. The molecular weight excluding hydrogens is 355 g/mol. The number of alkyl halides is 1. The van der Waals surface area contributed by atoms with Crippen LogP contribution >= 0.6 is 31.9 Å². The highest BCUT2D eigenvalue weighted by Gasteiger charge is 2.09. The van der Waals surface area contributed by atoms with Gasteiger partial charge in [-0.15, -0.1) is 0 Å². The lowest BCUT2D eigenvalue weighted by Gasteiger charge is -2.11. The average Bonchev–Trinajstić information content (AvgIpc) is 2.25. The van der Waals surface area contributed by atoms with Crippen LogP contribution in [-0.2, 0) is 6.54 Å². The zero-order valence-electron chi connectivity index (χ0n) is 9.32. The van der Waals surface area contributed by atoms with E-state index in [1.807, 2.05) is 12.1 Å². The van der Waals surface area contributed by atoms with Crippen LogP contribution in [0.2, 0.25) is 0 Å². The summed E-state index contributed by atoms with van der Waals surface area (Å²) < 4.78 is 18.8. The van der Waals surface area contributed by atoms with Crippen LogP contribution in [0.15, 0.2) is 21.1 Å². The first-order chi connectivity index (χ1) is 8.04. The summed E-state index contributed by atoms with van der Waals surface area (Å²) in [5.41, 5.74) is 1.00. The molecule has 3 nitrogen and oxygen atoms in total. The summed E-state index contributed by atoms with van der Waals surface area (Å²) in [6, 6.07) is 3.77. The SMILES string of the molecule is CC(=N)NCc1cc(Br)c(OCCF)c(Br)c1. The van der Waals surface area contributed by atoms with Gasteiger partial charge >= 0.3 is 0 Å². The van der Waals surface area contributed by atoms with Gasteiger partial charge in [0.1, 0.15) is 19.0 Å². The van der Waals surface area contributed by atoms with Gasteiger partial charge in [0.2, 0.25) is 0 Å². The molecule has 17 heavy (non-hydrogen) atoms. The monoisotopic (exact) mass is 366 g/mol. The van der Waals surface area contributed by atoms with Crippen molar-refractivity contribution >= 4 is 37.7 Å². The van der Waals surface area contributed by atoms with Crippen molar-refractivity contribution < 1.29 is 9.13 Å². The smallest absolute Gasteiger partial charge is 0.147 e. The number of hydrogen-bond acceptors (Lipinski definition) is 2. The topological polar surface area (TPSA) is 45.1 Å². The zero-order chi connectivity index (χ0) is 12.8. The van der Waals surface area contributed by atoms with Crippen LogP contribution in [0, 0.1) is 5.41 Å². The predicted octanol–water partition coefficient (Wildman–Crippen LogP) is 3.65. The third kappa shape index (κ3) is 4.63. The number of ether oxygens (including phenoxy) is 1. The molecule has 1 aromatic rings. The van der Waals surface area contributed by atoms with Gasteiger partial charge in [-0.05, 0) is 56.5 Å². The van der Waals surface area contributed by atoms with Crippen molar-refractivity contribution in [2.24, 2.45) is 0 Å². The molecule has 0 unspecified atom stereocenters. The van der Waals surface area contributed by atoms with Gasteiger partial charge in [-0.1, -0.05) is 0 Å². The molecule has 1 aromatic carbocycles. The molecule has 0 aliphatic rings. The number of amidine groups is 1. The Balaban J connectivity index is 2.81. The normalized spacial score (nSPS) is 10.1. The molecule has 0 amide bonds. The van der Waals surface area contributed by atoms with Gasteiger partial charge in [-0.2, -0.15) is 0 Å². The Labute approximate surface area is 117 Å². The third-order valence-electron chi connectivity index (χ3n) is 1.94. The molecule has 94 valence electrons. The number of nitrogens with one attached hydrogen (secondary N) is 2. The molecule has 0 atom stereocenters. The second-order valence-electron chi connectivity index (χ2n) is 3.40. The van der Waals surface area contributed by atoms with E-state index in [-0.39, 0.29) is 6.61 Å². The van der Waals surface area contributed by atoms with Gasteiger partial charge in [-0.25, -0.2) is 4.39 Å². The fourth-order valence-corrected chi connectivity index (χ4v) is 2.74. The number of benzene rings is 1. The van der Waals surface area contributed by atoms with Gasteiger partial charge in [-0.3, -0.25) is 5.41 Å². The Hall–Kier alpha value is -0.620. The fraction of sp³-hybridized carbons (Fsp3) is 0.364. The van der Waals surface area contributed by atoms with Crippen molar-refractivity contribution in [3.63, 3.8) is 0 Å². The molecule has 0 saturated carbocycles. The largest absolute Gasteiger partial charge is 0.488 e. The lowest BCUT2D eigenvalue weighted by molar-refractivity contribution is 0.270. The van der Waals surface area contributed by atoms with Gasteiger partial charge in [0.05, 0.1) is 14.8 Å². The first-order valence-corrected chi connectivity index (χ1v) is 6.59. The molecule has 2 N–H and O–H groups in total. The third-order valence-corrected chi connectivity index (χ3v) is 3.12. The van der Waals surface area contributed by atoms with Crippen molar-refractivity contribution in [2.75, 3.05) is 13.3 Å². The minimum absolute atomic E-state index is 0.0361. The second-order valence-corrected chi connectivity index (χ2v) is 5.11. The van der Waals surface area contributed by atoms with Crippen molar-refractivity contribution in [1.29, 1.82) is 5.41 Å². The molecule has 0 aromatic heterocycles. The minimum atomic E-state index is -0.519. The average molecular weight is 368 g/mol. The first kappa shape index (κ1) is 14.4. The molecule has 0 heterocycles. The Bertz CT molecular complexity index is 389. The quantitative estimate of drug-likeness (QED) is 0.616. The molecule has 0 aliphatic heterocycles. The van der Waals surface area contributed by atoms with Crippen LogP contribution in [0.4, 0.5) is 4.39 Å². The van der Waals surface area contributed by atoms with Gasteiger partial charge in [0, 0.05) is 6.54 Å². The molecule has 0 aliphatic carbocycles. The van der Waals surface area contributed by atoms with Crippen LogP contribution in [-0.4, -0.2) is 19.1 Å². The molecule has 0 saturated heterocycles. The van der Waals surface area contributed by atoms with Crippen LogP contribution < -0.4 is 10.1 Å². The Kier molecular flexibility index (Phi) is 5.91. The summed E-state index contributed by atoms with van der Waals surface area (Å²) in [4.78, 5) is 0. The van der Waals surface area contributed by atoms with Crippen LogP contribution in [0.25, 0.3) is 0 Å². The van der Waals surface area contributed by atoms with Crippen molar-refractivity contribution in [1.82, 2.24) is 5.32 Å².